The summed E-state index contributed by atoms with van der Waals surface area (Å²) in [6, 6.07) is 12.1. The fraction of sp³-hybridized carbons (Fsp3) is 0.316. The molecule has 1 saturated heterocycles. The summed E-state index contributed by atoms with van der Waals surface area (Å²) < 4.78 is 11.9. The average Bonchev–Trinajstić information content (AvgIpc) is 2.64. The van der Waals surface area contributed by atoms with E-state index in [1.165, 1.54) is 6.07 Å². The lowest BCUT2D eigenvalue weighted by Gasteiger charge is -2.56. The summed E-state index contributed by atoms with van der Waals surface area (Å²) in [5, 5.41) is 15.0. The molecule has 0 amide bonds. The van der Waals surface area contributed by atoms with Crippen LogP contribution in [-0.4, -0.2) is 22.9 Å². The number of para-hydroxylation sites is 2. The molecule has 0 saturated carbocycles. The van der Waals surface area contributed by atoms with Crippen molar-refractivity contribution in [2.75, 3.05) is 12.0 Å². The number of ether oxygens (including phenoxy) is 2. The van der Waals surface area contributed by atoms with Crippen molar-refractivity contribution in [3.8, 4) is 11.5 Å². The Labute approximate surface area is 162 Å². The van der Waals surface area contributed by atoms with Crippen LogP contribution in [0.15, 0.2) is 42.5 Å². The number of benzene rings is 2. The van der Waals surface area contributed by atoms with Crippen molar-refractivity contribution in [2.24, 2.45) is 5.92 Å². The normalized spacial score (nSPS) is 25.9. The highest BCUT2D eigenvalue weighted by Crippen LogP contribution is 2.50. The minimum absolute atomic E-state index is 0.0352. The predicted octanol–water partition coefficient (Wildman–Crippen LogP) is 3.78. The second-order valence-electron chi connectivity index (χ2n) is 6.86. The van der Waals surface area contributed by atoms with Gasteiger partial charge in [0, 0.05) is 23.6 Å². The molecule has 0 aromatic heterocycles. The minimum Gasteiger partial charge on any atom is -0.495 e. The van der Waals surface area contributed by atoms with Crippen molar-refractivity contribution in [1.29, 1.82) is 0 Å². The zero-order valence-corrected chi connectivity index (χ0v) is 15.9. The summed E-state index contributed by atoms with van der Waals surface area (Å²) in [4.78, 5) is 12.7. The van der Waals surface area contributed by atoms with Crippen molar-refractivity contribution in [2.45, 2.75) is 25.6 Å². The number of anilines is 1. The lowest BCUT2D eigenvalue weighted by atomic mass is 9.80. The molecule has 8 heteroatoms. The number of methoxy groups -OCH3 is 1. The number of hydrogen-bond acceptors (Lipinski definition) is 5. The van der Waals surface area contributed by atoms with Gasteiger partial charge in [-0.15, -0.1) is 0 Å². The second kappa shape index (κ2) is 6.09. The van der Waals surface area contributed by atoms with Crippen LogP contribution in [0.3, 0.4) is 0 Å². The van der Waals surface area contributed by atoms with Gasteiger partial charge in [0.15, 0.2) is 10.8 Å². The van der Waals surface area contributed by atoms with Gasteiger partial charge in [-0.25, -0.2) is 0 Å². The molecule has 2 aromatic carbocycles. The Morgan fingerprint density at radius 1 is 1.33 bits per heavy atom. The first-order valence-corrected chi connectivity index (χ1v) is 8.98. The fourth-order valence-electron chi connectivity index (χ4n) is 3.89. The third-order valence-electron chi connectivity index (χ3n) is 5.45. The molecule has 140 valence electrons. The fourth-order valence-corrected chi connectivity index (χ4v) is 4.30. The molecule has 0 radical (unpaired) electrons. The molecular formula is C19H19N3O4S. The van der Waals surface area contributed by atoms with Gasteiger partial charge in [0.25, 0.3) is 5.69 Å². The molecule has 2 aliphatic rings. The monoisotopic (exact) mass is 385 g/mol. The number of nitro groups is 1. The number of nitrogens with zero attached hydrogens (tertiary/aromatic N) is 2. The molecule has 2 aliphatic heterocycles. The van der Waals surface area contributed by atoms with E-state index < -0.39 is 10.6 Å². The number of thiocarbonyl (C=S) groups is 1. The van der Waals surface area contributed by atoms with E-state index in [0.29, 0.717) is 16.6 Å². The Bertz CT molecular complexity index is 950. The van der Waals surface area contributed by atoms with Crippen LogP contribution in [0.4, 0.5) is 11.4 Å². The van der Waals surface area contributed by atoms with Crippen molar-refractivity contribution in [1.82, 2.24) is 5.32 Å². The maximum atomic E-state index is 11.2. The largest absolute Gasteiger partial charge is 0.495 e. The van der Waals surface area contributed by atoms with E-state index >= 15 is 0 Å². The third-order valence-corrected chi connectivity index (χ3v) is 5.75. The molecule has 2 heterocycles. The molecule has 27 heavy (non-hydrogen) atoms. The van der Waals surface area contributed by atoms with Crippen molar-refractivity contribution >= 4 is 28.7 Å². The zero-order valence-electron chi connectivity index (χ0n) is 15.1. The summed E-state index contributed by atoms with van der Waals surface area (Å²) in [6.07, 6.45) is 0. The Morgan fingerprint density at radius 2 is 2.07 bits per heavy atom. The van der Waals surface area contributed by atoms with E-state index in [2.05, 4.69) is 5.32 Å². The molecule has 0 spiro atoms. The van der Waals surface area contributed by atoms with E-state index in [0.717, 1.165) is 11.3 Å². The topological polar surface area (TPSA) is 76.9 Å². The molecule has 1 fully saturated rings. The molecule has 2 aromatic rings. The predicted molar refractivity (Wildman–Crippen MR) is 105 cm³/mol. The summed E-state index contributed by atoms with van der Waals surface area (Å²) in [5.41, 5.74) is 0.810. The Hall–Kier alpha value is -2.87. The van der Waals surface area contributed by atoms with E-state index in [-0.39, 0.29) is 17.6 Å². The van der Waals surface area contributed by atoms with E-state index in [1.807, 2.05) is 43.0 Å². The molecule has 2 bridgehead atoms. The van der Waals surface area contributed by atoms with Gasteiger partial charge in [0.05, 0.1) is 23.8 Å². The molecule has 3 unspecified atom stereocenters. The zero-order chi connectivity index (χ0) is 19.3. The highest BCUT2D eigenvalue weighted by atomic mass is 32.1. The van der Waals surface area contributed by atoms with Gasteiger partial charge in [-0.1, -0.05) is 19.1 Å². The van der Waals surface area contributed by atoms with Gasteiger partial charge in [0.2, 0.25) is 0 Å². The number of non-ortho nitro benzene ring substituents is 1. The van der Waals surface area contributed by atoms with Gasteiger partial charge in [-0.2, -0.15) is 0 Å². The van der Waals surface area contributed by atoms with Crippen molar-refractivity contribution < 1.29 is 14.4 Å². The van der Waals surface area contributed by atoms with Gasteiger partial charge < -0.3 is 14.8 Å². The quantitative estimate of drug-likeness (QED) is 0.489. The number of nitrogens with one attached hydrogen (secondary N) is 1. The first kappa shape index (κ1) is 17.5. The van der Waals surface area contributed by atoms with Crippen molar-refractivity contribution in [3.63, 3.8) is 0 Å². The maximum Gasteiger partial charge on any atom is 0.270 e. The van der Waals surface area contributed by atoms with E-state index in [4.69, 9.17) is 21.7 Å². The highest BCUT2D eigenvalue weighted by molar-refractivity contribution is 7.80. The summed E-state index contributed by atoms with van der Waals surface area (Å²) >= 11 is 5.65. The standard InChI is InChI=1S/C19H19N3O4S/c1-11-17-13-10-12(22(23)24)8-9-15(13)26-19(11,2)21(18(27)20-17)14-6-4-5-7-16(14)25-3/h4-11,17H,1-3H3,(H,20,27). The first-order chi connectivity index (χ1) is 12.9. The van der Waals surface area contributed by atoms with Gasteiger partial charge in [0.1, 0.15) is 11.5 Å². The van der Waals surface area contributed by atoms with E-state index in [9.17, 15) is 10.1 Å². The van der Waals surface area contributed by atoms with Crippen LogP contribution in [0.2, 0.25) is 0 Å². The first-order valence-electron chi connectivity index (χ1n) is 8.58. The number of hydrogen-bond donors (Lipinski definition) is 1. The van der Waals surface area contributed by atoms with Crippen LogP contribution in [0.25, 0.3) is 0 Å². The lowest BCUT2D eigenvalue weighted by Crippen LogP contribution is -2.69. The highest BCUT2D eigenvalue weighted by Gasteiger charge is 2.54. The summed E-state index contributed by atoms with van der Waals surface area (Å²) in [6.45, 7) is 4.03. The third kappa shape index (κ3) is 2.51. The van der Waals surface area contributed by atoms with Crippen LogP contribution < -0.4 is 19.7 Å². The number of fused-ring (bicyclic) bond motifs is 4. The molecule has 3 atom stereocenters. The number of rotatable bonds is 3. The van der Waals surface area contributed by atoms with Crippen molar-refractivity contribution in [3.05, 3.63) is 58.1 Å². The number of nitro benzene ring substituents is 1. The smallest absolute Gasteiger partial charge is 0.270 e. The Balaban J connectivity index is 1.85. The van der Waals surface area contributed by atoms with Gasteiger partial charge in [-0.05, 0) is 37.3 Å². The molecule has 1 N–H and O–H groups in total. The van der Waals surface area contributed by atoms with Gasteiger partial charge >= 0.3 is 0 Å². The van der Waals surface area contributed by atoms with E-state index in [1.54, 1.807) is 19.2 Å². The average molecular weight is 385 g/mol. The van der Waals surface area contributed by atoms with Crippen LogP contribution in [0.5, 0.6) is 11.5 Å². The molecule has 4 rings (SSSR count). The molecule has 7 nitrogen and oxygen atoms in total. The Morgan fingerprint density at radius 3 is 2.78 bits per heavy atom. The van der Waals surface area contributed by atoms with Crippen LogP contribution in [0.1, 0.15) is 25.5 Å². The summed E-state index contributed by atoms with van der Waals surface area (Å²) in [7, 11) is 1.62. The minimum atomic E-state index is -0.773. The SMILES string of the molecule is COc1ccccc1N1C(=S)NC2c3cc([N+](=O)[O-])ccc3OC1(C)C2C. The summed E-state index contributed by atoms with van der Waals surface area (Å²) in [5.74, 6) is 1.26. The Kier molecular flexibility index (Phi) is 3.96. The van der Waals surface area contributed by atoms with Crippen LogP contribution in [-0.2, 0) is 0 Å². The van der Waals surface area contributed by atoms with Crippen LogP contribution >= 0.6 is 12.2 Å². The van der Waals surface area contributed by atoms with Crippen LogP contribution in [0, 0.1) is 16.0 Å². The maximum absolute atomic E-state index is 11.2. The lowest BCUT2D eigenvalue weighted by molar-refractivity contribution is -0.385. The molecule has 0 aliphatic carbocycles. The molecular weight excluding hydrogens is 366 g/mol. The van der Waals surface area contributed by atoms with Gasteiger partial charge in [-0.3, -0.25) is 15.0 Å². The second-order valence-corrected chi connectivity index (χ2v) is 7.25.